The Bertz CT molecular complexity index is 945. The third-order valence-electron chi connectivity index (χ3n) is 3.99. The molecule has 1 aliphatic rings. The number of benzene rings is 1. The van der Waals surface area contributed by atoms with Crippen molar-refractivity contribution in [2.45, 2.75) is 17.2 Å². The van der Waals surface area contributed by atoms with E-state index in [1.807, 2.05) is 0 Å². The number of halogens is 1. The quantitative estimate of drug-likeness (QED) is 0.782. The van der Waals surface area contributed by atoms with Gasteiger partial charge in [0.2, 0.25) is 0 Å². The molecule has 4 nitrogen and oxygen atoms in total. The van der Waals surface area contributed by atoms with Crippen LogP contribution in [-0.2, 0) is 23.0 Å². The van der Waals surface area contributed by atoms with Crippen LogP contribution < -0.4 is 0 Å². The molecular weight excluding hydrogens is 323 g/mol. The third kappa shape index (κ3) is 2.08. The van der Waals surface area contributed by atoms with Crippen molar-refractivity contribution in [1.29, 1.82) is 0 Å². The van der Waals surface area contributed by atoms with E-state index in [-0.39, 0.29) is 5.82 Å². The van der Waals surface area contributed by atoms with Crippen molar-refractivity contribution >= 4 is 32.3 Å². The first kappa shape index (κ1) is 13.9. The normalized spacial score (nSPS) is 16.0. The molecule has 3 aromatic rings. The number of rotatable bonds is 2. The fourth-order valence-electron chi connectivity index (χ4n) is 2.91. The number of hydrogen-bond acceptors (Lipinski definition) is 3. The molecule has 0 spiro atoms. The van der Waals surface area contributed by atoms with Crippen LogP contribution >= 0.6 is 11.3 Å². The van der Waals surface area contributed by atoms with Gasteiger partial charge in [-0.05, 0) is 35.2 Å². The highest BCUT2D eigenvalue weighted by atomic mass is 32.2. The maximum absolute atomic E-state index is 13.3. The zero-order chi connectivity index (χ0) is 15.3. The zero-order valence-corrected chi connectivity index (χ0v) is 13.2. The van der Waals surface area contributed by atoms with Gasteiger partial charge in [-0.3, -0.25) is 0 Å². The lowest BCUT2D eigenvalue weighted by Gasteiger charge is -2.25. The van der Waals surface area contributed by atoms with E-state index in [0.29, 0.717) is 23.7 Å². The van der Waals surface area contributed by atoms with Crippen molar-refractivity contribution in [1.82, 2.24) is 9.29 Å². The Labute approximate surface area is 131 Å². The van der Waals surface area contributed by atoms with Crippen molar-refractivity contribution in [2.75, 3.05) is 6.54 Å². The Morgan fingerprint density at radius 3 is 2.91 bits per heavy atom. The lowest BCUT2D eigenvalue weighted by atomic mass is 10.1. The number of sulfonamides is 1. The van der Waals surface area contributed by atoms with Gasteiger partial charge in [0.1, 0.15) is 10.0 Å². The van der Waals surface area contributed by atoms with E-state index in [2.05, 4.69) is 4.98 Å². The molecule has 1 N–H and O–H groups in total. The number of H-pyrrole nitrogens is 1. The van der Waals surface area contributed by atoms with E-state index in [9.17, 15) is 12.8 Å². The van der Waals surface area contributed by atoms with E-state index < -0.39 is 10.0 Å². The van der Waals surface area contributed by atoms with Crippen molar-refractivity contribution in [3.63, 3.8) is 0 Å². The van der Waals surface area contributed by atoms with Crippen molar-refractivity contribution < 1.29 is 12.8 Å². The Hall–Kier alpha value is -1.70. The van der Waals surface area contributed by atoms with E-state index in [0.717, 1.165) is 22.2 Å². The van der Waals surface area contributed by atoms with Gasteiger partial charge in [0.05, 0.1) is 0 Å². The lowest BCUT2D eigenvalue weighted by molar-refractivity contribution is 0.392. The first-order valence-electron chi connectivity index (χ1n) is 6.88. The lowest BCUT2D eigenvalue weighted by Crippen LogP contribution is -2.35. The van der Waals surface area contributed by atoms with Gasteiger partial charge in [0.15, 0.2) is 0 Å². The minimum absolute atomic E-state index is 0.297. The predicted molar refractivity (Wildman–Crippen MR) is 83.9 cm³/mol. The van der Waals surface area contributed by atoms with Gasteiger partial charge in [-0.1, -0.05) is 6.07 Å². The summed E-state index contributed by atoms with van der Waals surface area (Å²) in [4.78, 5) is 3.20. The van der Waals surface area contributed by atoms with Crippen LogP contribution in [0.1, 0.15) is 11.3 Å². The summed E-state index contributed by atoms with van der Waals surface area (Å²) in [5.41, 5.74) is 2.67. The predicted octanol–water partition coefficient (Wildman–Crippen LogP) is 3.12. The minimum atomic E-state index is -3.45. The molecule has 1 aromatic carbocycles. The molecule has 0 aliphatic carbocycles. The van der Waals surface area contributed by atoms with Crippen LogP contribution in [0.4, 0.5) is 4.39 Å². The number of nitrogens with zero attached hydrogens (tertiary/aromatic N) is 1. The second-order valence-corrected chi connectivity index (χ2v) is 8.41. The molecule has 0 bridgehead atoms. The summed E-state index contributed by atoms with van der Waals surface area (Å²) in [6, 6.07) is 7.93. The number of thiophene rings is 1. The summed E-state index contributed by atoms with van der Waals surface area (Å²) >= 11 is 1.23. The second-order valence-electron chi connectivity index (χ2n) is 5.29. The average Bonchev–Trinajstić information content (AvgIpc) is 3.13. The standard InChI is InChI=1S/C15H13FN2O2S2/c16-10-3-4-11-12-9-18(6-5-13(12)17-14(11)8-10)22(19,20)15-2-1-7-21-15/h1-4,7-8,17H,5-6,9H2. The molecule has 0 unspecified atom stereocenters. The van der Waals surface area contributed by atoms with Gasteiger partial charge in [0.25, 0.3) is 10.0 Å². The van der Waals surface area contributed by atoms with Crippen LogP contribution in [0.15, 0.2) is 39.9 Å². The molecular formula is C15H13FN2O2S2. The van der Waals surface area contributed by atoms with Gasteiger partial charge in [0, 0.05) is 36.1 Å². The second kappa shape index (κ2) is 4.91. The summed E-state index contributed by atoms with van der Waals surface area (Å²) in [7, 11) is -3.45. The van der Waals surface area contributed by atoms with Gasteiger partial charge < -0.3 is 4.98 Å². The summed E-state index contributed by atoms with van der Waals surface area (Å²) in [6.07, 6.45) is 0.607. The van der Waals surface area contributed by atoms with Gasteiger partial charge in [-0.2, -0.15) is 4.31 Å². The molecule has 0 radical (unpaired) electrons. The highest BCUT2D eigenvalue weighted by Gasteiger charge is 2.30. The number of fused-ring (bicyclic) bond motifs is 3. The molecule has 3 heterocycles. The fourth-order valence-corrected chi connectivity index (χ4v) is 5.47. The smallest absolute Gasteiger partial charge is 0.252 e. The summed E-state index contributed by atoms with van der Waals surface area (Å²) in [6.45, 7) is 0.754. The molecule has 2 aromatic heterocycles. The third-order valence-corrected chi connectivity index (χ3v) is 7.21. The number of aromatic nitrogens is 1. The molecule has 0 saturated carbocycles. The topological polar surface area (TPSA) is 53.2 Å². The molecule has 0 fully saturated rings. The number of aromatic amines is 1. The Morgan fingerprint density at radius 1 is 1.27 bits per heavy atom. The molecule has 0 amide bonds. The molecule has 22 heavy (non-hydrogen) atoms. The molecule has 0 atom stereocenters. The molecule has 1 aliphatic heterocycles. The van der Waals surface area contributed by atoms with Crippen molar-refractivity contribution in [2.24, 2.45) is 0 Å². The highest BCUT2D eigenvalue weighted by Crippen LogP contribution is 2.31. The molecule has 114 valence electrons. The van der Waals surface area contributed by atoms with Crippen LogP contribution in [0.2, 0.25) is 0 Å². The number of hydrogen-bond donors (Lipinski definition) is 1. The van der Waals surface area contributed by atoms with Crippen LogP contribution in [0.3, 0.4) is 0 Å². The van der Waals surface area contributed by atoms with Gasteiger partial charge >= 0.3 is 0 Å². The van der Waals surface area contributed by atoms with Gasteiger partial charge in [-0.25, -0.2) is 12.8 Å². The first-order chi connectivity index (χ1) is 10.6. The van der Waals surface area contributed by atoms with Crippen LogP contribution in [0.25, 0.3) is 10.9 Å². The van der Waals surface area contributed by atoms with Crippen LogP contribution in [0.5, 0.6) is 0 Å². The van der Waals surface area contributed by atoms with Crippen LogP contribution in [-0.4, -0.2) is 24.3 Å². The molecule has 0 saturated heterocycles. The maximum atomic E-state index is 13.3. The van der Waals surface area contributed by atoms with E-state index in [1.165, 1.54) is 27.8 Å². The van der Waals surface area contributed by atoms with Crippen molar-refractivity contribution in [3.05, 3.63) is 52.8 Å². The Kier molecular flexibility index (Phi) is 3.11. The number of nitrogens with one attached hydrogen (secondary N) is 1. The fraction of sp³-hybridized carbons (Fsp3) is 0.200. The molecule has 4 rings (SSSR count). The Balaban J connectivity index is 1.77. The summed E-state index contributed by atoms with van der Waals surface area (Å²) in [5.74, 6) is -0.297. The van der Waals surface area contributed by atoms with E-state index in [4.69, 9.17) is 0 Å². The van der Waals surface area contributed by atoms with Crippen molar-refractivity contribution in [3.8, 4) is 0 Å². The van der Waals surface area contributed by atoms with Gasteiger partial charge in [-0.15, -0.1) is 11.3 Å². The first-order valence-corrected chi connectivity index (χ1v) is 9.20. The van der Waals surface area contributed by atoms with E-state index in [1.54, 1.807) is 23.6 Å². The summed E-state index contributed by atoms with van der Waals surface area (Å²) in [5, 5.41) is 2.65. The summed E-state index contributed by atoms with van der Waals surface area (Å²) < 4.78 is 40.5. The molecule has 7 heteroatoms. The zero-order valence-electron chi connectivity index (χ0n) is 11.5. The monoisotopic (exact) mass is 336 g/mol. The van der Waals surface area contributed by atoms with E-state index >= 15 is 0 Å². The largest absolute Gasteiger partial charge is 0.358 e. The highest BCUT2D eigenvalue weighted by molar-refractivity contribution is 7.91. The average molecular weight is 336 g/mol. The van der Waals surface area contributed by atoms with Crippen LogP contribution in [0, 0.1) is 5.82 Å². The minimum Gasteiger partial charge on any atom is -0.358 e. The Morgan fingerprint density at radius 2 is 2.14 bits per heavy atom. The maximum Gasteiger partial charge on any atom is 0.252 e. The SMILES string of the molecule is O=S(=O)(c1cccs1)N1CCc2[nH]c3cc(F)ccc3c2C1.